The Hall–Kier alpha value is -0.420. The van der Waals surface area contributed by atoms with Crippen LogP contribution >= 0.6 is 11.3 Å². The van der Waals surface area contributed by atoms with E-state index in [-0.39, 0.29) is 0 Å². The van der Waals surface area contributed by atoms with Crippen molar-refractivity contribution in [3.8, 4) is 0 Å². The smallest absolute Gasteiger partial charge is 0.0810 e. The molecule has 0 amide bonds. The molecule has 0 radical (unpaired) electrons. The Morgan fingerprint density at radius 3 is 2.50 bits per heavy atom. The van der Waals surface area contributed by atoms with Crippen LogP contribution in [0.15, 0.2) is 12.1 Å². The quantitative estimate of drug-likeness (QED) is 0.709. The number of likely N-dealkylation sites (N-methyl/N-ethyl adjacent to an activating group) is 1. The van der Waals surface area contributed by atoms with Crippen molar-refractivity contribution in [2.45, 2.75) is 27.0 Å². The summed E-state index contributed by atoms with van der Waals surface area (Å²) in [4.78, 5) is 4.85. The van der Waals surface area contributed by atoms with E-state index in [9.17, 15) is 0 Å². The van der Waals surface area contributed by atoms with E-state index >= 15 is 0 Å². The Kier molecular flexibility index (Phi) is 6.64. The van der Waals surface area contributed by atoms with E-state index in [2.05, 4.69) is 30.9 Å². The highest BCUT2D eigenvalue weighted by Crippen LogP contribution is 2.16. The van der Waals surface area contributed by atoms with Gasteiger partial charge in [0.15, 0.2) is 0 Å². The Balaban J connectivity index is 2.15. The minimum atomic E-state index is 0.629. The van der Waals surface area contributed by atoms with Crippen LogP contribution in [-0.4, -0.2) is 31.1 Å². The van der Waals surface area contributed by atoms with Gasteiger partial charge in [-0.2, -0.15) is 0 Å². The van der Waals surface area contributed by atoms with E-state index in [4.69, 9.17) is 10.5 Å². The molecule has 0 aliphatic rings. The predicted molar refractivity (Wildman–Crippen MR) is 69.7 cm³/mol. The molecule has 16 heavy (non-hydrogen) atoms. The predicted octanol–water partition coefficient (Wildman–Crippen LogP) is 2.07. The lowest BCUT2D eigenvalue weighted by Crippen LogP contribution is -2.26. The largest absolute Gasteiger partial charge is 0.375 e. The summed E-state index contributed by atoms with van der Waals surface area (Å²) in [6, 6.07) is 4.18. The van der Waals surface area contributed by atoms with Gasteiger partial charge in [-0.25, -0.2) is 0 Å². The van der Waals surface area contributed by atoms with E-state index in [1.165, 1.54) is 9.75 Å². The molecule has 0 aliphatic heterocycles. The summed E-state index contributed by atoms with van der Waals surface area (Å²) in [5, 5.41) is 0. The van der Waals surface area contributed by atoms with Crippen molar-refractivity contribution in [1.29, 1.82) is 0 Å². The van der Waals surface area contributed by atoms with Gasteiger partial charge >= 0.3 is 0 Å². The molecule has 2 N–H and O–H groups in total. The van der Waals surface area contributed by atoms with E-state index in [1.807, 2.05) is 0 Å². The van der Waals surface area contributed by atoms with Crippen molar-refractivity contribution in [1.82, 2.24) is 4.90 Å². The molecular formula is C12H22N2OS. The van der Waals surface area contributed by atoms with Crippen molar-refractivity contribution >= 4 is 11.3 Å². The summed E-state index contributed by atoms with van der Waals surface area (Å²) in [5.41, 5.74) is 5.56. The van der Waals surface area contributed by atoms with Crippen molar-refractivity contribution in [2.75, 3.05) is 26.2 Å². The SMILES string of the molecule is CCN(CC)CCOCc1ccc(CN)s1. The summed E-state index contributed by atoms with van der Waals surface area (Å²) in [5.74, 6) is 0. The second kappa shape index (κ2) is 7.79. The van der Waals surface area contributed by atoms with Gasteiger partial charge in [0.25, 0.3) is 0 Å². The van der Waals surface area contributed by atoms with Crippen molar-refractivity contribution in [3.63, 3.8) is 0 Å². The van der Waals surface area contributed by atoms with Crippen LogP contribution in [0.25, 0.3) is 0 Å². The van der Waals surface area contributed by atoms with Crippen LogP contribution in [0.5, 0.6) is 0 Å². The van der Waals surface area contributed by atoms with Gasteiger partial charge in [0.2, 0.25) is 0 Å². The van der Waals surface area contributed by atoms with Gasteiger partial charge in [-0.15, -0.1) is 11.3 Å². The number of ether oxygens (including phenoxy) is 1. The molecule has 4 heteroatoms. The molecule has 1 heterocycles. The van der Waals surface area contributed by atoms with Crippen molar-refractivity contribution in [3.05, 3.63) is 21.9 Å². The average molecular weight is 242 g/mol. The lowest BCUT2D eigenvalue weighted by Gasteiger charge is -2.17. The maximum Gasteiger partial charge on any atom is 0.0810 e. The maximum atomic E-state index is 5.64. The summed E-state index contributed by atoms with van der Waals surface area (Å²) in [6.45, 7) is 9.70. The third-order valence-corrected chi connectivity index (χ3v) is 3.69. The van der Waals surface area contributed by atoms with Crippen molar-refractivity contribution in [2.24, 2.45) is 5.73 Å². The number of nitrogens with zero attached hydrogens (tertiary/aromatic N) is 1. The molecule has 3 nitrogen and oxygen atoms in total. The fraction of sp³-hybridized carbons (Fsp3) is 0.667. The number of rotatable bonds is 8. The molecule has 0 saturated heterocycles. The standard InChI is InChI=1S/C12H22N2OS/c1-3-14(4-2)7-8-15-10-12-6-5-11(9-13)16-12/h5-6H,3-4,7-10,13H2,1-2H3. The molecule has 0 spiro atoms. The molecular weight excluding hydrogens is 220 g/mol. The van der Waals surface area contributed by atoms with E-state index < -0.39 is 0 Å². The van der Waals surface area contributed by atoms with Crippen LogP contribution < -0.4 is 5.73 Å². The van der Waals surface area contributed by atoms with Gasteiger partial charge in [0.1, 0.15) is 0 Å². The molecule has 0 aromatic carbocycles. The minimum absolute atomic E-state index is 0.629. The first-order chi connectivity index (χ1) is 7.80. The first-order valence-electron chi connectivity index (χ1n) is 5.87. The second-order valence-electron chi connectivity index (χ2n) is 3.65. The molecule has 1 rings (SSSR count). The average Bonchev–Trinajstić information content (AvgIpc) is 2.77. The highest BCUT2D eigenvalue weighted by Gasteiger charge is 2.01. The lowest BCUT2D eigenvalue weighted by molar-refractivity contribution is 0.0973. The molecule has 0 saturated carbocycles. The zero-order valence-electron chi connectivity index (χ0n) is 10.2. The van der Waals surface area contributed by atoms with Crippen LogP contribution in [-0.2, 0) is 17.9 Å². The van der Waals surface area contributed by atoms with Crippen molar-refractivity contribution < 1.29 is 4.74 Å². The Morgan fingerprint density at radius 1 is 1.25 bits per heavy atom. The fourth-order valence-corrected chi connectivity index (χ4v) is 2.35. The van der Waals surface area contributed by atoms with E-state index in [0.29, 0.717) is 13.2 Å². The molecule has 92 valence electrons. The zero-order chi connectivity index (χ0) is 11.8. The van der Waals surface area contributed by atoms with Gasteiger partial charge in [-0.05, 0) is 25.2 Å². The zero-order valence-corrected chi connectivity index (χ0v) is 11.1. The Labute approximate surface area is 102 Å². The summed E-state index contributed by atoms with van der Waals surface area (Å²) >= 11 is 1.74. The summed E-state index contributed by atoms with van der Waals surface area (Å²) in [7, 11) is 0. The van der Waals surface area contributed by atoms with Crippen LogP contribution in [0.3, 0.4) is 0 Å². The van der Waals surface area contributed by atoms with E-state index in [1.54, 1.807) is 11.3 Å². The first kappa shape index (κ1) is 13.6. The molecule has 0 bridgehead atoms. The number of hydrogen-bond donors (Lipinski definition) is 1. The third kappa shape index (κ3) is 4.61. The Bertz CT molecular complexity index is 284. The maximum absolute atomic E-state index is 5.64. The van der Waals surface area contributed by atoms with Gasteiger partial charge in [0.05, 0.1) is 13.2 Å². The Morgan fingerprint density at radius 2 is 1.94 bits per heavy atom. The topological polar surface area (TPSA) is 38.5 Å². The summed E-state index contributed by atoms with van der Waals surface area (Å²) in [6.07, 6.45) is 0. The molecule has 0 fully saturated rings. The number of nitrogens with two attached hydrogens (primary N) is 1. The second-order valence-corrected chi connectivity index (χ2v) is 4.90. The van der Waals surface area contributed by atoms with Crippen LogP contribution in [0.2, 0.25) is 0 Å². The van der Waals surface area contributed by atoms with Gasteiger partial charge in [-0.1, -0.05) is 13.8 Å². The van der Waals surface area contributed by atoms with Crippen LogP contribution in [0, 0.1) is 0 Å². The monoisotopic (exact) mass is 242 g/mol. The normalized spacial score (nSPS) is 11.2. The number of hydrogen-bond acceptors (Lipinski definition) is 4. The van der Waals surface area contributed by atoms with Gasteiger partial charge < -0.3 is 15.4 Å². The highest BCUT2D eigenvalue weighted by molar-refractivity contribution is 7.11. The molecule has 1 aromatic heterocycles. The van der Waals surface area contributed by atoms with E-state index in [0.717, 1.165) is 26.2 Å². The minimum Gasteiger partial charge on any atom is -0.375 e. The molecule has 1 aromatic rings. The van der Waals surface area contributed by atoms with Gasteiger partial charge in [0, 0.05) is 22.8 Å². The number of thiophene rings is 1. The van der Waals surface area contributed by atoms with Gasteiger partial charge in [-0.3, -0.25) is 0 Å². The van der Waals surface area contributed by atoms with Crippen LogP contribution in [0.4, 0.5) is 0 Å². The molecule has 0 unspecified atom stereocenters. The summed E-state index contributed by atoms with van der Waals surface area (Å²) < 4.78 is 5.64. The fourth-order valence-electron chi connectivity index (χ4n) is 1.52. The van der Waals surface area contributed by atoms with Crippen LogP contribution in [0.1, 0.15) is 23.6 Å². The first-order valence-corrected chi connectivity index (χ1v) is 6.69. The molecule has 0 atom stereocenters. The third-order valence-electron chi connectivity index (χ3n) is 2.61. The highest BCUT2D eigenvalue weighted by atomic mass is 32.1. The molecule has 0 aliphatic carbocycles. The lowest BCUT2D eigenvalue weighted by atomic mass is 10.4.